The van der Waals surface area contributed by atoms with E-state index in [2.05, 4.69) is 10.6 Å². The van der Waals surface area contributed by atoms with Crippen LogP contribution in [0.15, 0.2) is 91.0 Å². The molecule has 0 aliphatic heterocycles. The number of para-hydroxylation sites is 1. The first-order chi connectivity index (χ1) is 16.4. The minimum Gasteiger partial charge on any atom is -0.426 e. The van der Waals surface area contributed by atoms with Crippen LogP contribution in [0.4, 0.5) is 5.69 Å². The van der Waals surface area contributed by atoms with Gasteiger partial charge in [0.2, 0.25) is 0 Å². The molecule has 2 amide bonds. The number of anilines is 1. The fourth-order valence-electron chi connectivity index (χ4n) is 3.82. The fourth-order valence-corrected chi connectivity index (χ4v) is 3.82. The Kier molecular flexibility index (Phi) is 6.69. The fraction of sp³-hybridized carbons (Fsp3) is 0.107. The molecule has 34 heavy (non-hydrogen) atoms. The molecule has 0 radical (unpaired) electrons. The van der Waals surface area contributed by atoms with E-state index in [1.807, 2.05) is 49.4 Å². The Bertz CT molecular complexity index is 1370. The molecule has 0 aromatic heterocycles. The predicted octanol–water partition coefficient (Wildman–Crippen LogP) is 5.51. The highest BCUT2D eigenvalue weighted by Crippen LogP contribution is 2.25. The van der Waals surface area contributed by atoms with E-state index in [9.17, 15) is 14.4 Å². The lowest BCUT2D eigenvalue weighted by Crippen LogP contribution is -2.27. The molecular formula is C28H24N2O4. The Morgan fingerprint density at radius 1 is 0.794 bits per heavy atom. The number of hydrogen-bond acceptors (Lipinski definition) is 4. The number of carbonyl (C=O) groups is 3. The standard InChI is InChI=1S/C28H24N2O4/c1-18(23-15-8-10-20-9-3-4-13-24(20)23)29-27(32)21-11-7-12-22(17-21)30-28(33)25-14-5-6-16-26(25)34-19(2)31/h3-18H,1-2H3,(H,29,32)(H,30,33)/t18-/m1/s1. The van der Waals surface area contributed by atoms with Gasteiger partial charge >= 0.3 is 5.97 Å². The molecular weight excluding hydrogens is 428 g/mol. The summed E-state index contributed by atoms with van der Waals surface area (Å²) in [6.45, 7) is 3.22. The SMILES string of the molecule is CC(=O)Oc1ccccc1C(=O)Nc1cccc(C(=O)N[C@H](C)c2cccc3ccccc23)c1. The number of nitrogens with one attached hydrogen (secondary N) is 2. The third-order valence-electron chi connectivity index (χ3n) is 5.41. The van der Waals surface area contributed by atoms with Gasteiger partial charge in [-0.25, -0.2) is 0 Å². The number of amides is 2. The first-order valence-corrected chi connectivity index (χ1v) is 10.9. The molecule has 2 N–H and O–H groups in total. The normalized spacial score (nSPS) is 11.5. The Labute approximate surface area is 197 Å². The predicted molar refractivity (Wildman–Crippen MR) is 132 cm³/mol. The zero-order chi connectivity index (χ0) is 24.1. The summed E-state index contributed by atoms with van der Waals surface area (Å²) in [4.78, 5) is 37.1. The van der Waals surface area contributed by atoms with Crippen LogP contribution >= 0.6 is 0 Å². The summed E-state index contributed by atoms with van der Waals surface area (Å²) >= 11 is 0. The van der Waals surface area contributed by atoms with Gasteiger partial charge in [-0.1, -0.05) is 60.7 Å². The van der Waals surface area contributed by atoms with Gasteiger partial charge < -0.3 is 15.4 Å². The molecule has 0 unspecified atom stereocenters. The van der Waals surface area contributed by atoms with Crippen molar-refractivity contribution in [2.45, 2.75) is 19.9 Å². The van der Waals surface area contributed by atoms with E-state index in [0.717, 1.165) is 16.3 Å². The number of esters is 1. The zero-order valence-electron chi connectivity index (χ0n) is 18.9. The maximum Gasteiger partial charge on any atom is 0.308 e. The Morgan fingerprint density at radius 2 is 1.50 bits per heavy atom. The van der Waals surface area contributed by atoms with Crippen molar-refractivity contribution in [2.75, 3.05) is 5.32 Å². The van der Waals surface area contributed by atoms with Crippen molar-refractivity contribution in [1.82, 2.24) is 5.32 Å². The lowest BCUT2D eigenvalue weighted by atomic mass is 9.99. The highest BCUT2D eigenvalue weighted by molar-refractivity contribution is 6.07. The molecule has 0 aliphatic rings. The maximum absolute atomic E-state index is 13.0. The molecule has 6 heteroatoms. The Balaban J connectivity index is 1.50. The zero-order valence-corrected chi connectivity index (χ0v) is 18.9. The van der Waals surface area contributed by atoms with Crippen molar-refractivity contribution in [2.24, 2.45) is 0 Å². The van der Waals surface area contributed by atoms with E-state index in [4.69, 9.17) is 4.74 Å². The van der Waals surface area contributed by atoms with Gasteiger partial charge in [-0.2, -0.15) is 0 Å². The van der Waals surface area contributed by atoms with Gasteiger partial charge in [0.1, 0.15) is 5.75 Å². The lowest BCUT2D eigenvalue weighted by Gasteiger charge is -2.17. The third kappa shape index (κ3) is 5.13. The highest BCUT2D eigenvalue weighted by atomic mass is 16.5. The molecule has 0 fully saturated rings. The molecule has 0 aliphatic carbocycles. The van der Waals surface area contributed by atoms with Crippen molar-refractivity contribution in [3.63, 3.8) is 0 Å². The van der Waals surface area contributed by atoms with Crippen LogP contribution < -0.4 is 15.4 Å². The van der Waals surface area contributed by atoms with Crippen molar-refractivity contribution >= 4 is 34.2 Å². The molecule has 170 valence electrons. The highest BCUT2D eigenvalue weighted by Gasteiger charge is 2.16. The molecule has 0 saturated carbocycles. The van der Waals surface area contributed by atoms with Crippen molar-refractivity contribution in [3.8, 4) is 5.75 Å². The quantitative estimate of drug-likeness (QED) is 0.298. The molecule has 0 heterocycles. The average molecular weight is 453 g/mol. The molecule has 4 rings (SSSR count). The van der Waals surface area contributed by atoms with Crippen LogP contribution in [0.5, 0.6) is 5.75 Å². The van der Waals surface area contributed by atoms with E-state index in [0.29, 0.717) is 11.3 Å². The van der Waals surface area contributed by atoms with Crippen molar-refractivity contribution < 1.29 is 19.1 Å². The molecule has 0 bridgehead atoms. The number of benzene rings is 4. The number of rotatable bonds is 6. The maximum atomic E-state index is 13.0. The summed E-state index contributed by atoms with van der Waals surface area (Å²) in [5.41, 5.74) is 2.11. The van der Waals surface area contributed by atoms with Gasteiger partial charge in [-0.15, -0.1) is 0 Å². The minimum absolute atomic E-state index is 0.172. The van der Waals surface area contributed by atoms with Gasteiger partial charge in [0.25, 0.3) is 11.8 Å². The summed E-state index contributed by atoms with van der Waals surface area (Å²) in [5.74, 6) is -1.04. The lowest BCUT2D eigenvalue weighted by molar-refractivity contribution is -0.131. The molecule has 4 aromatic carbocycles. The monoisotopic (exact) mass is 452 g/mol. The van der Waals surface area contributed by atoms with Gasteiger partial charge in [0, 0.05) is 18.2 Å². The van der Waals surface area contributed by atoms with E-state index in [-0.39, 0.29) is 23.3 Å². The number of hydrogen-bond donors (Lipinski definition) is 2. The van der Waals surface area contributed by atoms with Gasteiger partial charge in [-0.3, -0.25) is 14.4 Å². The Hall–Kier alpha value is -4.45. The van der Waals surface area contributed by atoms with E-state index in [1.165, 1.54) is 6.92 Å². The minimum atomic E-state index is -0.515. The molecule has 0 spiro atoms. The van der Waals surface area contributed by atoms with Crippen LogP contribution in [0.1, 0.15) is 46.2 Å². The Morgan fingerprint density at radius 3 is 2.32 bits per heavy atom. The average Bonchev–Trinajstić information content (AvgIpc) is 2.83. The van der Waals surface area contributed by atoms with E-state index in [1.54, 1.807) is 48.5 Å². The summed E-state index contributed by atoms with van der Waals surface area (Å²) in [6.07, 6.45) is 0. The third-order valence-corrected chi connectivity index (χ3v) is 5.41. The topological polar surface area (TPSA) is 84.5 Å². The molecule has 4 aromatic rings. The van der Waals surface area contributed by atoms with Crippen molar-refractivity contribution in [1.29, 1.82) is 0 Å². The number of carbonyl (C=O) groups excluding carboxylic acids is 3. The number of fused-ring (bicyclic) bond motifs is 1. The number of ether oxygens (including phenoxy) is 1. The van der Waals surface area contributed by atoms with Gasteiger partial charge in [-0.05, 0) is 53.6 Å². The second-order valence-corrected chi connectivity index (χ2v) is 7.89. The van der Waals surface area contributed by atoms with Crippen molar-refractivity contribution in [3.05, 3.63) is 108 Å². The van der Waals surface area contributed by atoms with Crippen LogP contribution in [-0.4, -0.2) is 17.8 Å². The smallest absolute Gasteiger partial charge is 0.308 e. The van der Waals surface area contributed by atoms with Crippen LogP contribution in [0.3, 0.4) is 0 Å². The van der Waals surface area contributed by atoms with Crippen LogP contribution in [0.2, 0.25) is 0 Å². The molecule has 6 nitrogen and oxygen atoms in total. The summed E-state index contributed by atoms with van der Waals surface area (Å²) in [5, 5.41) is 8.00. The van der Waals surface area contributed by atoms with E-state index >= 15 is 0 Å². The van der Waals surface area contributed by atoms with Crippen LogP contribution in [0.25, 0.3) is 10.8 Å². The summed E-state index contributed by atoms with van der Waals surface area (Å²) in [7, 11) is 0. The van der Waals surface area contributed by atoms with Gasteiger partial charge in [0.15, 0.2) is 0 Å². The van der Waals surface area contributed by atoms with E-state index < -0.39 is 11.9 Å². The second kappa shape index (κ2) is 10.0. The first kappa shape index (κ1) is 22.7. The van der Waals surface area contributed by atoms with Crippen LogP contribution in [-0.2, 0) is 4.79 Å². The van der Waals surface area contributed by atoms with Crippen LogP contribution in [0, 0.1) is 0 Å². The molecule has 0 saturated heterocycles. The first-order valence-electron chi connectivity index (χ1n) is 10.9. The summed E-state index contributed by atoms with van der Waals surface area (Å²) < 4.78 is 5.12. The largest absolute Gasteiger partial charge is 0.426 e. The summed E-state index contributed by atoms with van der Waals surface area (Å²) in [6, 6.07) is 27.0. The molecule has 1 atom stereocenters. The second-order valence-electron chi connectivity index (χ2n) is 7.89. The van der Waals surface area contributed by atoms with Gasteiger partial charge in [0.05, 0.1) is 11.6 Å².